The molecule has 19 heavy (non-hydrogen) atoms. The summed E-state index contributed by atoms with van der Waals surface area (Å²) in [6, 6.07) is 10.2. The zero-order valence-electron chi connectivity index (χ0n) is 12.2. The molecule has 0 aliphatic rings. The van der Waals surface area contributed by atoms with Gasteiger partial charge in [0.25, 0.3) is 0 Å². The van der Waals surface area contributed by atoms with Crippen LogP contribution >= 0.6 is 0 Å². The quantitative estimate of drug-likeness (QED) is 0.793. The van der Waals surface area contributed by atoms with Crippen LogP contribution in [0.15, 0.2) is 30.3 Å². The molecule has 0 aromatic heterocycles. The Balaban J connectivity index is 2.45. The summed E-state index contributed by atoms with van der Waals surface area (Å²) in [4.78, 5) is 12.1. The van der Waals surface area contributed by atoms with Gasteiger partial charge in [0.05, 0.1) is 5.92 Å². The largest absolute Gasteiger partial charge is 0.355 e. The fourth-order valence-corrected chi connectivity index (χ4v) is 2.18. The van der Waals surface area contributed by atoms with Crippen LogP contribution in [-0.4, -0.2) is 19.0 Å². The zero-order valence-corrected chi connectivity index (χ0v) is 12.2. The highest BCUT2D eigenvalue weighted by molar-refractivity contribution is 5.78. The predicted molar refractivity (Wildman–Crippen MR) is 79.9 cm³/mol. The van der Waals surface area contributed by atoms with Crippen LogP contribution in [0.5, 0.6) is 0 Å². The lowest BCUT2D eigenvalue weighted by molar-refractivity contribution is -0.125. The Labute approximate surface area is 116 Å². The maximum Gasteiger partial charge on any atom is 0.224 e. The van der Waals surface area contributed by atoms with Crippen LogP contribution in [-0.2, 0) is 4.79 Å². The summed E-state index contributed by atoms with van der Waals surface area (Å²) in [7, 11) is 0. The van der Waals surface area contributed by atoms with E-state index in [4.69, 9.17) is 5.73 Å². The first-order valence-corrected chi connectivity index (χ1v) is 7.07. The topological polar surface area (TPSA) is 55.1 Å². The van der Waals surface area contributed by atoms with Gasteiger partial charge in [0.2, 0.25) is 5.91 Å². The summed E-state index contributed by atoms with van der Waals surface area (Å²) in [5, 5.41) is 3.02. The van der Waals surface area contributed by atoms with Crippen molar-refractivity contribution in [2.75, 3.05) is 13.1 Å². The standard InChI is InChI=1S/C16H26N2O/c1-12(2)9-15(10-17)16(19)18-11-13(3)14-7-5-4-6-8-14/h4-8,12-13,15H,9-11,17H2,1-3H3,(H,18,19). The molecular weight excluding hydrogens is 236 g/mol. The van der Waals surface area contributed by atoms with Crippen LogP contribution in [0.2, 0.25) is 0 Å². The van der Waals surface area contributed by atoms with E-state index in [2.05, 4.69) is 38.2 Å². The zero-order chi connectivity index (χ0) is 14.3. The molecule has 1 aromatic carbocycles. The number of nitrogens with one attached hydrogen (secondary N) is 1. The second-order valence-electron chi connectivity index (χ2n) is 5.62. The number of amides is 1. The maximum absolute atomic E-state index is 12.1. The Kier molecular flexibility index (Phi) is 6.57. The van der Waals surface area contributed by atoms with Crippen molar-refractivity contribution < 1.29 is 4.79 Å². The van der Waals surface area contributed by atoms with Gasteiger partial charge in [-0.15, -0.1) is 0 Å². The Morgan fingerprint density at radius 3 is 2.37 bits per heavy atom. The molecule has 3 heteroatoms. The van der Waals surface area contributed by atoms with E-state index < -0.39 is 0 Å². The molecule has 1 aromatic rings. The first kappa shape index (κ1) is 15.7. The fourth-order valence-electron chi connectivity index (χ4n) is 2.18. The van der Waals surface area contributed by atoms with Gasteiger partial charge >= 0.3 is 0 Å². The summed E-state index contributed by atoms with van der Waals surface area (Å²) < 4.78 is 0. The van der Waals surface area contributed by atoms with Crippen molar-refractivity contribution in [1.29, 1.82) is 0 Å². The third-order valence-electron chi connectivity index (χ3n) is 3.36. The average molecular weight is 262 g/mol. The van der Waals surface area contributed by atoms with Crippen molar-refractivity contribution in [3.8, 4) is 0 Å². The molecular formula is C16H26N2O. The Bertz CT molecular complexity index is 376. The number of nitrogens with two attached hydrogens (primary N) is 1. The van der Waals surface area contributed by atoms with Gasteiger partial charge in [0.1, 0.15) is 0 Å². The highest BCUT2D eigenvalue weighted by atomic mass is 16.1. The lowest BCUT2D eigenvalue weighted by Crippen LogP contribution is -2.37. The van der Waals surface area contributed by atoms with Gasteiger partial charge in [-0.1, -0.05) is 51.1 Å². The monoisotopic (exact) mass is 262 g/mol. The number of benzene rings is 1. The molecule has 0 radical (unpaired) electrons. The van der Waals surface area contributed by atoms with E-state index >= 15 is 0 Å². The van der Waals surface area contributed by atoms with Crippen molar-refractivity contribution in [3.05, 3.63) is 35.9 Å². The van der Waals surface area contributed by atoms with E-state index in [0.717, 1.165) is 6.42 Å². The highest BCUT2D eigenvalue weighted by Crippen LogP contribution is 2.14. The molecule has 0 aliphatic carbocycles. The average Bonchev–Trinajstić information content (AvgIpc) is 2.42. The molecule has 3 N–H and O–H groups in total. The van der Waals surface area contributed by atoms with Crippen molar-refractivity contribution in [1.82, 2.24) is 5.32 Å². The fraction of sp³-hybridized carbons (Fsp3) is 0.562. The molecule has 1 amide bonds. The molecule has 0 saturated carbocycles. The lowest BCUT2D eigenvalue weighted by Gasteiger charge is -2.19. The minimum Gasteiger partial charge on any atom is -0.355 e. The summed E-state index contributed by atoms with van der Waals surface area (Å²) in [5.41, 5.74) is 6.92. The van der Waals surface area contributed by atoms with Crippen molar-refractivity contribution in [3.63, 3.8) is 0 Å². The van der Waals surface area contributed by atoms with E-state index in [0.29, 0.717) is 24.9 Å². The third-order valence-corrected chi connectivity index (χ3v) is 3.36. The van der Waals surface area contributed by atoms with Gasteiger partial charge in [-0.3, -0.25) is 4.79 Å². The van der Waals surface area contributed by atoms with Crippen LogP contribution in [0, 0.1) is 11.8 Å². The van der Waals surface area contributed by atoms with Gasteiger partial charge in [-0.05, 0) is 23.8 Å². The summed E-state index contributed by atoms with van der Waals surface area (Å²) >= 11 is 0. The predicted octanol–water partition coefficient (Wildman–Crippen LogP) is 2.53. The Morgan fingerprint density at radius 1 is 1.21 bits per heavy atom. The van der Waals surface area contributed by atoms with Crippen molar-refractivity contribution in [2.24, 2.45) is 17.6 Å². The molecule has 0 spiro atoms. The number of hydrogen-bond acceptors (Lipinski definition) is 2. The van der Waals surface area contributed by atoms with E-state index in [1.165, 1.54) is 5.56 Å². The van der Waals surface area contributed by atoms with Crippen molar-refractivity contribution >= 4 is 5.91 Å². The van der Waals surface area contributed by atoms with Gasteiger partial charge in [-0.2, -0.15) is 0 Å². The molecule has 0 aliphatic heterocycles. The first-order valence-electron chi connectivity index (χ1n) is 7.07. The number of carbonyl (C=O) groups is 1. The van der Waals surface area contributed by atoms with Crippen molar-refractivity contribution in [2.45, 2.75) is 33.1 Å². The number of carbonyl (C=O) groups excluding carboxylic acids is 1. The van der Waals surface area contributed by atoms with E-state index in [9.17, 15) is 4.79 Å². The van der Waals surface area contributed by atoms with Gasteiger partial charge in [0.15, 0.2) is 0 Å². The van der Waals surface area contributed by atoms with Crippen LogP contribution in [0.1, 0.15) is 38.7 Å². The molecule has 0 saturated heterocycles. The minimum absolute atomic E-state index is 0.0667. The molecule has 2 unspecified atom stereocenters. The maximum atomic E-state index is 12.1. The van der Waals surface area contributed by atoms with E-state index in [1.807, 2.05) is 18.2 Å². The van der Waals surface area contributed by atoms with Crippen LogP contribution < -0.4 is 11.1 Å². The smallest absolute Gasteiger partial charge is 0.224 e. The molecule has 3 nitrogen and oxygen atoms in total. The SMILES string of the molecule is CC(C)CC(CN)C(=O)NCC(C)c1ccccc1. The van der Waals surface area contributed by atoms with Crippen LogP contribution in [0.3, 0.4) is 0 Å². The molecule has 2 atom stereocenters. The van der Waals surface area contributed by atoms with Gasteiger partial charge in [0, 0.05) is 13.1 Å². The second-order valence-corrected chi connectivity index (χ2v) is 5.62. The lowest BCUT2D eigenvalue weighted by atomic mass is 9.95. The first-order chi connectivity index (χ1) is 9.04. The summed E-state index contributed by atoms with van der Waals surface area (Å²) in [6.07, 6.45) is 0.849. The molecule has 0 bridgehead atoms. The van der Waals surface area contributed by atoms with E-state index in [-0.39, 0.29) is 11.8 Å². The molecule has 0 heterocycles. The van der Waals surface area contributed by atoms with Crippen LogP contribution in [0.25, 0.3) is 0 Å². The molecule has 106 valence electrons. The molecule has 0 fully saturated rings. The van der Waals surface area contributed by atoms with Crippen LogP contribution in [0.4, 0.5) is 0 Å². The Morgan fingerprint density at radius 2 is 1.84 bits per heavy atom. The van der Waals surface area contributed by atoms with E-state index in [1.54, 1.807) is 0 Å². The Hall–Kier alpha value is -1.35. The number of rotatable bonds is 7. The second kappa shape index (κ2) is 7.95. The highest BCUT2D eigenvalue weighted by Gasteiger charge is 2.18. The normalized spacial score (nSPS) is 14.2. The summed E-state index contributed by atoms with van der Waals surface area (Å²) in [6.45, 7) is 7.43. The minimum atomic E-state index is -0.0667. The molecule has 1 rings (SSSR count). The third kappa shape index (κ3) is 5.43. The number of hydrogen-bond donors (Lipinski definition) is 2. The van der Waals surface area contributed by atoms with Gasteiger partial charge in [-0.25, -0.2) is 0 Å². The summed E-state index contributed by atoms with van der Waals surface area (Å²) in [5.74, 6) is 0.829. The van der Waals surface area contributed by atoms with Gasteiger partial charge < -0.3 is 11.1 Å².